The van der Waals surface area contributed by atoms with Crippen molar-refractivity contribution in [2.45, 2.75) is 39.8 Å². The summed E-state index contributed by atoms with van der Waals surface area (Å²) >= 11 is 13.8. The third kappa shape index (κ3) is 6.30. The Hall–Kier alpha value is -3.71. The average molecular weight is 616 g/mol. The van der Waals surface area contributed by atoms with E-state index in [2.05, 4.69) is 10.9 Å². The number of esters is 1. The first-order chi connectivity index (χ1) is 19.6. The van der Waals surface area contributed by atoms with Crippen LogP contribution in [0.25, 0.3) is 6.08 Å². The fourth-order valence-electron chi connectivity index (χ4n) is 4.41. The van der Waals surface area contributed by atoms with E-state index in [1.807, 2.05) is 13.8 Å². The normalized spacial score (nSPS) is 14.8. The molecule has 0 amide bonds. The summed E-state index contributed by atoms with van der Waals surface area (Å²) in [5.74, 6) is 3.13. The molecule has 11 heteroatoms. The van der Waals surface area contributed by atoms with Gasteiger partial charge in [-0.1, -0.05) is 46.5 Å². The molecule has 0 N–H and O–H groups in total. The smallest absolute Gasteiger partial charge is 0.338 e. The van der Waals surface area contributed by atoms with Gasteiger partial charge in [-0.25, -0.2) is 9.79 Å². The second kappa shape index (κ2) is 12.9. The molecule has 1 atom stereocenters. The number of terminal acetylenes is 1. The van der Waals surface area contributed by atoms with Crippen LogP contribution in [-0.2, 0) is 9.53 Å². The Morgan fingerprint density at radius 3 is 2.66 bits per heavy atom. The van der Waals surface area contributed by atoms with Gasteiger partial charge in [-0.3, -0.25) is 9.36 Å². The number of carbonyl (C=O) groups excluding carboxylic acids is 1. The number of hydrogen-bond donors (Lipinski definition) is 0. The summed E-state index contributed by atoms with van der Waals surface area (Å²) in [5, 5.41) is 0.608. The molecule has 3 aromatic rings. The molecule has 1 aliphatic rings. The molecule has 0 fully saturated rings. The van der Waals surface area contributed by atoms with E-state index < -0.39 is 12.0 Å². The fraction of sp³-hybridized carbons (Fsp3) is 0.300. The Balaban J connectivity index is 1.97. The summed E-state index contributed by atoms with van der Waals surface area (Å²) in [4.78, 5) is 32.2. The number of hydrogen-bond acceptors (Lipinski definition) is 8. The van der Waals surface area contributed by atoms with Gasteiger partial charge in [-0.05, 0) is 63.6 Å². The van der Waals surface area contributed by atoms with Crippen molar-refractivity contribution < 1.29 is 23.7 Å². The first kappa shape index (κ1) is 30.3. The zero-order valence-corrected chi connectivity index (χ0v) is 25.4. The lowest BCUT2D eigenvalue weighted by atomic mass is 9.95. The van der Waals surface area contributed by atoms with Crippen LogP contribution in [0.5, 0.6) is 17.2 Å². The van der Waals surface area contributed by atoms with Gasteiger partial charge in [0, 0.05) is 10.6 Å². The highest BCUT2D eigenvalue weighted by molar-refractivity contribution is 7.07. The van der Waals surface area contributed by atoms with Crippen molar-refractivity contribution in [3.63, 3.8) is 0 Å². The van der Waals surface area contributed by atoms with Crippen LogP contribution in [0.1, 0.15) is 44.9 Å². The molecule has 0 saturated carbocycles. The number of methoxy groups -OCH3 is 1. The van der Waals surface area contributed by atoms with Crippen LogP contribution in [0, 0.1) is 12.3 Å². The van der Waals surface area contributed by atoms with Crippen LogP contribution in [0.15, 0.2) is 51.4 Å². The van der Waals surface area contributed by atoms with Gasteiger partial charge < -0.3 is 18.9 Å². The minimum absolute atomic E-state index is 0.0239. The van der Waals surface area contributed by atoms with Crippen LogP contribution in [0.3, 0.4) is 0 Å². The van der Waals surface area contributed by atoms with Crippen molar-refractivity contribution >= 4 is 46.6 Å². The number of benzene rings is 2. The second-order valence-corrected chi connectivity index (χ2v) is 11.0. The molecule has 2 aromatic carbocycles. The highest BCUT2D eigenvalue weighted by atomic mass is 35.5. The van der Waals surface area contributed by atoms with Crippen molar-refractivity contribution in [1.82, 2.24) is 4.57 Å². The van der Waals surface area contributed by atoms with Crippen molar-refractivity contribution in [2.24, 2.45) is 4.99 Å². The Bertz CT molecular complexity index is 1750. The average Bonchev–Trinajstić information content (AvgIpc) is 3.21. The molecular formula is C30H28Cl2N2O6S. The Kier molecular flexibility index (Phi) is 9.49. The van der Waals surface area contributed by atoms with Gasteiger partial charge in [0.05, 0.1) is 46.7 Å². The van der Waals surface area contributed by atoms with E-state index in [0.29, 0.717) is 48.4 Å². The van der Waals surface area contributed by atoms with Crippen molar-refractivity contribution in [3.05, 3.63) is 82.5 Å². The molecule has 41 heavy (non-hydrogen) atoms. The monoisotopic (exact) mass is 614 g/mol. The molecule has 1 aromatic heterocycles. The van der Waals surface area contributed by atoms with E-state index in [1.165, 1.54) is 17.7 Å². The SMILES string of the molecule is C#CCOc1c(Cl)cc(Cl)cc1/C=c1/sc2n(c1=O)[C@H](c1ccc(OC(C)C)c(OC)c1)C(C(=O)OCC)=C(C)N=2. The minimum Gasteiger partial charge on any atom is -0.493 e. The molecule has 0 radical (unpaired) electrons. The summed E-state index contributed by atoms with van der Waals surface area (Å²) in [6, 6.07) is 7.62. The predicted octanol–water partition coefficient (Wildman–Crippen LogP) is 4.91. The van der Waals surface area contributed by atoms with Gasteiger partial charge in [0.25, 0.3) is 5.56 Å². The number of ether oxygens (including phenoxy) is 4. The van der Waals surface area contributed by atoms with Gasteiger partial charge in [0.1, 0.15) is 12.4 Å². The summed E-state index contributed by atoms with van der Waals surface area (Å²) in [6.45, 7) is 7.39. The Morgan fingerprint density at radius 1 is 1.24 bits per heavy atom. The third-order valence-electron chi connectivity index (χ3n) is 6.01. The molecule has 0 bridgehead atoms. The second-order valence-electron chi connectivity index (χ2n) is 9.18. The molecule has 4 rings (SSSR count). The van der Waals surface area contributed by atoms with E-state index in [9.17, 15) is 9.59 Å². The van der Waals surface area contributed by atoms with Crippen LogP contribution in [0.4, 0.5) is 0 Å². The number of carbonyl (C=O) groups is 1. The molecule has 2 heterocycles. The number of aromatic nitrogens is 1. The van der Waals surface area contributed by atoms with E-state index in [4.69, 9.17) is 48.6 Å². The van der Waals surface area contributed by atoms with E-state index in [-0.39, 0.29) is 35.5 Å². The van der Waals surface area contributed by atoms with Gasteiger partial charge in [0.2, 0.25) is 0 Å². The quantitative estimate of drug-likeness (QED) is 0.251. The summed E-state index contributed by atoms with van der Waals surface area (Å²) in [6.07, 6.45) is 6.90. The van der Waals surface area contributed by atoms with Gasteiger partial charge in [0.15, 0.2) is 16.3 Å². The number of thiazole rings is 1. The summed E-state index contributed by atoms with van der Waals surface area (Å²) in [5.41, 5.74) is 1.39. The highest BCUT2D eigenvalue weighted by Gasteiger charge is 2.34. The van der Waals surface area contributed by atoms with Crippen LogP contribution < -0.4 is 29.1 Å². The molecule has 8 nitrogen and oxygen atoms in total. The molecule has 1 aliphatic heterocycles. The number of rotatable bonds is 9. The lowest BCUT2D eigenvalue weighted by molar-refractivity contribution is -0.139. The van der Waals surface area contributed by atoms with E-state index in [1.54, 1.807) is 44.2 Å². The molecule has 0 unspecified atom stereocenters. The molecule has 0 spiro atoms. The van der Waals surface area contributed by atoms with Crippen LogP contribution >= 0.6 is 34.5 Å². The maximum Gasteiger partial charge on any atom is 0.338 e. The maximum absolute atomic E-state index is 14.0. The molecular weight excluding hydrogens is 587 g/mol. The first-order valence-electron chi connectivity index (χ1n) is 12.7. The zero-order chi connectivity index (χ0) is 29.8. The van der Waals surface area contributed by atoms with Gasteiger partial charge in [-0.15, -0.1) is 6.42 Å². The topological polar surface area (TPSA) is 88.3 Å². The van der Waals surface area contributed by atoms with Crippen molar-refractivity contribution in [3.8, 4) is 29.6 Å². The fourth-order valence-corrected chi connectivity index (χ4v) is 6.01. The van der Waals surface area contributed by atoms with Gasteiger partial charge >= 0.3 is 5.97 Å². The van der Waals surface area contributed by atoms with E-state index in [0.717, 1.165) is 11.3 Å². The van der Waals surface area contributed by atoms with Crippen LogP contribution in [0.2, 0.25) is 10.0 Å². The highest BCUT2D eigenvalue weighted by Crippen LogP contribution is 2.37. The molecule has 214 valence electrons. The lowest BCUT2D eigenvalue weighted by Gasteiger charge is -2.25. The largest absolute Gasteiger partial charge is 0.493 e. The minimum atomic E-state index is -0.838. The number of nitrogens with zero attached hydrogens (tertiary/aromatic N) is 2. The van der Waals surface area contributed by atoms with Crippen molar-refractivity contribution in [1.29, 1.82) is 0 Å². The summed E-state index contributed by atoms with van der Waals surface area (Å²) < 4.78 is 24.3. The van der Waals surface area contributed by atoms with E-state index >= 15 is 0 Å². The lowest BCUT2D eigenvalue weighted by Crippen LogP contribution is -2.40. The number of halogens is 2. The zero-order valence-electron chi connectivity index (χ0n) is 23.1. The third-order valence-corrected chi connectivity index (χ3v) is 7.49. The number of fused-ring (bicyclic) bond motifs is 1. The van der Waals surface area contributed by atoms with Crippen molar-refractivity contribution in [2.75, 3.05) is 20.3 Å². The Labute approximate surface area is 251 Å². The predicted molar refractivity (Wildman–Crippen MR) is 160 cm³/mol. The summed E-state index contributed by atoms with van der Waals surface area (Å²) in [7, 11) is 1.53. The standard InChI is InChI=1S/C30H28Cl2N2O6S/c1-7-11-39-27-19(12-20(31)15-21(27)32)14-24-28(35)34-26(18-9-10-22(40-16(3)4)23(13-18)37-6)25(29(36)38-8-2)17(5)33-30(34)41-24/h1,9-10,12-16,26H,8,11H2,2-6H3/b24-14+/t26-/m1/s1. The number of allylic oxidation sites excluding steroid dienone is 1. The maximum atomic E-state index is 14.0. The van der Waals surface area contributed by atoms with Gasteiger partial charge in [-0.2, -0.15) is 0 Å². The molecule has 0 saturated heterocycles. The first-order valence-corrected chi connectivity index (χ1v) is 14.3. The Morgan fingerprint density at radius 2 is 2.00 bits per heavy atom. The molecule has 0 aliphatic carbocycles. The van der Waals surface area contributed by atoms with Crippen LogP contribution in [-0.4, -0.2) is 37.0 Å².